The second kappa shape index (κ2) is 9.17. The van der Waals surface area contributed by atoms with Crippen LogP contribution in [-0.4, -0.2) is 38.6 Å². The molecule has 1 unspecified atom stereocenters. The van der Waals surface area contributed by atoms with Crippen molar-refractivity contribution in [3.05, 3.63) is 58.1 Å². The molecule has 152 valence electrons. The fourth-order valence-electron chi connectivity index (χ4n) is 2.54. The average molecular weight is 451 g/mol. The van der Waals surface area contributed by atoms with E-state index in [4.69, 9.17) is 23.2 Å². The van der Waals surface area contributed by atoms with Crippen molar-refractivity contribution in [2.45, 2.75) is 23.6 Å². The summed E-state index contributed by atoms with van der Waals surface area (Å²) >= 11 is 12.1. The van der Waals surface area contributed by atoms with Gasteiger partial charge in [-0.15, -0.1) is 0 Å². The molecule has 2 aromatic carbocycles. The number of likely N-dealkylation sites (N-methyl/N-ethyl adjacent to an activating group) is 1. The van der Waals surface area contributed by atoms with Gasteiger partial charge in [-0.25, -0.2) is 8.42 Å². The lowest BCUT2D eigenvalue weighted by atomic mass is 10.1. The van der Waals surface area contributed by atoms with Crippen LogP contribution in [0.3, 0.4) is 0 Å². The first-order valence-corrected chi connectivity index (χ1v) is 10.4. The molecular formula is C18H18Cl2F2N2O3S. The Bertz CT molecular complexity index is 971. The summed E-state index contributed by atoms with van der Waals surface area (Å²) in [5.41, 5.74) is 0.556. The minimum Gasteiger partial charge on any atom is -0.324 e. The summed E-state index contributed by atoms with van der Waals surface area (Å²) in [7, 11) is -3.16. The third-order valence-electron chi connectivity index (χ3n) is 4.17. The molecule has 0 saturated heterocycles. The summed E-state index contributed by atoms with van der Waals surface area (Å²) in [6, 6.07) is 9.79. The Morgan fingerprint density at radius 2 is 1.82 bits per heavy atom. The summed E-state index contributed by atoms with van der Waals surface area (Å²) in [5.74, 6) is -4.14. The van der Waals surface area contributed by atoms with Gasteiger partial charge < -0.3 is 5.32 Å². The van der Waals surface area contributed by atoms with Crippen molar-refractivity contribution in [3.63, 3.8) is 0 Å². The number of anilines is 1. The maximum atomic E-state index is 12.9. The summed E-state index contributed by atoms with van der Waals surface area (Å²) < 4.78 is 49.3. The molecule has 0 aliphatic heterocycles. The number of nitrogens with one attached hydrogen (secondary N) is 1. The first kappa shape index (κ1) is 22.5. The third-order valence-corrected chi connectivity index (χ3v) is 6.17. The largest absolute Gasteiger partial charge is 0.341 e. The predicted molar refractivity (Wildman–Crippen MR) is 106 cm³/mol. The molecule has 1 N–H and O–H groups in total. The molecule has 0 heterocycles. The smallest absolute Gasteiger partial charge is 0.324 e. The molecule has 0 aliphatic carbocycles. The Labute approximate surface area is 172 Å². The Hall–Kier alpha value is -1.74. The van der Waals surface area contributed by atoms with E-state index in [1.807, 2.05) is 6.92 Å². The first-order valence-electron chi connectivity index (χ1n) is 8.10. The fourth-order valence-corrected chi connectivity index (χ4v) is 4.00. The Morgan fingerprint density at radius 3 is 2.43 bits per heavy atom. The fraction of sp³-hybridized carbons (Fsp3) is 0.278. The van der Waals surface area contributed by atoms with E-state index in [1.54, 1.807) is 30.1 Å². The van der Waals surface area contributed by atoms with Gasteiger partial charge in [0, 0.05) is 16.1 Å². The van der Waals surface area contributed by atoms with Gasteiger partial charge in [0.2, 0.25) is 15.7 Å². The molecule has 0 radical (unpaired) electrons. The molecule has 1 amide bonds. The molecule has 0 bridgehead atoms. The molecule has 1 atom stereocenters. The minimum absolute atomic E-state index is 0.122. The van der Waals surface area contributed by atoms with E-state index < -0.39 is 26.4 Å². The van der Waals surface area contributed by atoms with Crippen LogP contribution in [0, 0.1) is 0 Å². The number of amides is 1. The number of hydrogen-bond donors (Lipinski definition) is 1. The maximum Gasteiger partial charge on any atom is 0.341 e. The molecule has 0 aromatic heterocycles. The second-order valence-corrected chi connectivity index (χ2v) is 8.84. The maximum absolute atomic E-state index is 12.9. The standard InChI is InChI=1S/C18H18Cl2F2N2O3S/c1-11(13-8-7-12(19)9-14(13)20)24(2)10-17(25)23-15-5-3-4-6-16(15)28(26,27)18(21)22/h3-9,11,18H,10H2,1-2H3,(H,23,25). The number of benzene rings is 2. The number of para-hydroxylation sites is 1. The molecule has 0 fully saturated rings. The van der Waals surface area contributed by atoms with Gasteiger partial charge in [-0.2, -0.15) is 8.78 Å². The van der Waals surface area contributed by atoms with Gasteiger partial charge in [0.05, 0.1) is 17.1 Å². The van der Waals surface area contributed by atoms with Gasteiger partial charge in [0.1, 0.15) is 0 Å². The van der Waals surface area contributed by atoms with E-state index in [1.165, 1.54) is 18.2 Å². The number of carbonyl (C=O) groups excluding carboxylic acids is 1. The molecule has 5 nitrogen and oxygen atoms in total. The highest BCUT2D eigenvalue weighted by atomic mass is 35.5. The van der Waals surface area contributed by atoms with Gasteiger partial charge in [-0.05, 0) is 43.8 Å². The Balaban J connectivity index is 2.14. The van der Waals surface area contributed by atoms with Crippen molar-refractivity contribution in [3.8, 4) is 0 Å². The monoisotopic (exact) mass is 450 g/mol. The molecule has 28 heavy (non-hydrogen) atoms. The van der Waals surface area contributed by atoms with Crippen LogP contribution in [-0.2, 0) is 14.6 Å². The van der Waals surface area contributed by atoms with Crippen LogP contribution in [0.2, 0.25) is 10.0 Å². The van der Waals surface area contributed by atoms with Crippen molar-refractivity contribution in [1.82, 2.24) is 4.90 Å². The third kappa shape index (κ3) is 5.20. The number of carbonyl (C=O) groups is 1. The van der Waals surface area contributed by atoms with E-state index in [2.05, 4.69) is 5.32 Å². The van der Waals surface area contributed by atoms with E-state index in [0.717, 1.165) is 11.6 Å². The molecule has 0 spiro atoms. The zero-order valence-electron chi connectivity index (χ0n) is 15.0. The van der Waals surface area contributed by atoms with E-state index in [9.17, 15) is 22.0 Å². The second-order valence-electron chi connectivity index (χ2n) is 6.11. The number of nitrogens with zero attached hydrogens (tertiary/aromatic N) is 1. The summed E-state index contributed by atoms with van der Waals surface area (Å²) in [6.45, 7) is 1.71. The Kier molecular flexibility index (Phi) is 7.39. The summed E-state index contributed by atoms with van der Waals surface area (Å²) in [4.78, 5) is 13.4. The molecular weight excluding hydrogens is 433 g/mol. The van der Waals surface area contributed by atoms with E-state index in [0.29, 0.717) is 10.0 Å². The lowest BCUT2D eigenvalue weighted by Gasteiger charge is -2.25. The van der Waals surface area contributed by atoms with Crippen molar-refractivity contribution in [2.24, 2.45) is 0 Å². The van der Waals surface area contributed by atoms with Crippen LogP contribution in [0.1, 0.15) is 18.5 Å². The molecule has 10 heteroatoms. The highest BCUT2D eigenvalue weighted by molar-refractivity contribution is 7.91. The van der Waals surface area contributed by atoms with Crippen LogP contribution in [0.15, 0.2) is 47.4 Å². The molecule has 2 rings (SSSR count). The van der Waals surface area contributed by atoms with Gasteiger partial charge in [0.25, 0.3) is 0 Å². The molecule has 0 saturated carbocycles. The van der Waals surface area contributed by atoms with Crippen molar-refractivity contribution >= 4 is 44.6 Å². The van der Waals surface area contributed by atoms with Crippen molar-refractivity contribution < 1.29 is 22.0 Å². The quantitative estimate of drug-likeness (QED) is 0.667. The van der Waals surface area contributed by atoms with Gasteiger partial charge in [-0.3, -0.25) is 9.69 Å². The summed E-state index contributed by atoms with van der Waals surface area (Å²) in [5, 5.41) is 3.31. The topological polar surface area (TPSA) is 66.5 Å². The van der Waals surface area contributed by atoms with Gasteiger partial charge in [0.15, 0.2) is 0 Å². The number of halogens is 4. The SMILES string of the molecule is CC(c1ccc(Cl)cc1Cl)N(C)CC(=O)Nc1ccccc1S(=O)(=O)C(F)F. The minimum atomic E-state index is -4.84. The zero-order chi connectivity index (χ0) is 21.1. The number of hydrogen-bond acceptors (Lipinski definition) is 4. The number of alkyl halides is 2. The average Bonchev–Trinajstić information content (AvgIpc) is 2.61. The predicted octanol–water partition coefficient (Wildman–Crippen LogP) is 4.62. The molecule has 0 aliphatic rings. The normalized spacial score (nSPS) is 13.0. The highest BCUT2D eigenvalue weighted by Crippen LogP contribution is 2.29. The number of rotatable bonds is 7. The van der Waals surface area contributed by atoms with E-state index in [-0.39, 0.29) is 18.3 Å². The number of sulfone groups is 1. The van der Waals surface area contributed by atoms with Gasteiger partial charge in [-0.1, -0.05) is 41.4 Å². The van der Waals surface area contributed by atoms with Crippen LogP contribution >= 0.6 is 23.2 Å². The van der Waals surface area contributed by atoms with Gasteiger partial charge >= 0.3 is 5.76 Å². The van der Waals surface area contributed by atoms with Crippen LogP contribution in [0.25, 0.3) is 0 Å². The van der Waals surface area contributed by atoms with Crippen LogP contribution in [0.5, 0.6) is 0 Å². The Morgan fingerprint density at radius 1 is 1.18 bits per heavy atom. The summed E-state index contributed by atoms with van der Waals surface area (Å²) in [6.07, 6.45) is 0. The van der Waals surface area contributed by atoms with E-state index >= 15 is 0 Å². The lowest BCUT2D eigenvalue weighted by molar-refractivity contribution is -0.117. The van der Waals surface area contributed by atoms with Crippen LogP contribution < -0.4 is 5.32 Å². The highest BCUT2D eigenvalue weighted by Gasteiger charge is 2.29. The first-order chi connectivity index (χ1) is 13.0. The molecule has 2 aromatic rings. The van der Waals surface area contributed by atoms with Crippen LogP contribution in [0.4, 0.5) is 14.5 Å². The van der Waals surface area contributed by atoms with Crippen molar-refractivity contribution in [1.29, 1.82) is 0 Å². The van der Waals surface area contributed by atoms with Crippen molar-refractivity contribution in [2.75, 3.05) is 18.9 Å². The lowest BCUT2D eigenvalue weighted by Crippen LogP contribution is -2.32. The zero-order valence-corrected chi connectivity index (χ0v) is 17.3.